The molecule has 0 aromatic heterocycles. The lowest BCUT2D eigenvalue weighted by Gasteiger charge is -2.33. The van der Waals surface area contributed by atoms with Gasteiger partial charge in [-0.1, -0.05) is 30.3 Å². The second-order valence-electron chi connectivity index (χ2n) is 4.45. The molecule has 0 aliphatic carbocycles. The van der Waals surface area contributed by atoms with Crippen molar-refractivity contribution >= 4 is 35.5 Å². The summed E-state index contributed by atoms with van der Waals surface area (Å²) in [6, 6.07) is 8.98. The monoisotopic (exact) mass is 308 g/mol. The summed E-state index contributed by atoms with van der Waals surface area (Å²) in [5.41, 5.74) is 0.670. The third kappa shape index (κ3) is 2.33. The van der Waals surface area contributed by atoms with Crippen LogP contribution in [-0.2, 0) is 24.8 Å². The number of hydrogen-bond donors (Lipinski definition) is 0. The van der Waals surface area contributed by atoms with Crippen LogP contribution in [0.1, 0.15) is 12.5 Å². The van der Waals surface area contributed by atoms with E-state index < -0.39 is 17.7 Å². The van der Waals surface area contributed by atoms with Gasteiger partial charge in [0.1, 0.15) is 0 Å². The van der Waals surface area contributed by atoms with E-state index in [1.54, 1.807) is 31.2 Å². The number of ether oxygens (including phenoxy) is 2. The molecular weight excluding hydrogens is 296 g/mol. The highest BCUT2D eigenvalue weighted by atomic mass is 32.2. The van der Waals surface area contributed by atoms with Crippen LogP contribution in [0.5, 0.6) is 0 Å². The number of cyclic esters (lactones) is 2. The first-order valence-corrected chi connectivity index (χ1v) is 8.09. The average Bonchev–Trinajstić information content (AvgIpc) is 2.92. The van der Waals surface area contributed by atoms with Crippen molar-refractivity contribution in [3.63, 3.8) is 0 Å². The van der Waals surface area contributed by atoms with E-state index in [1.807, 2.05) is 6.07 Å². The van der Waals surface area contributed by atoms with Crippen LogP contribution in [0.25, 0.3) is 0 Å². The topological polar surface area (TPSA) is 52.6 Å². The van der Waals surface area contributed by atoms with Gasteiger partial charge in [-0.3, -0.25) is 0 Å². The quantitative estimate of drug-likeness (QED) is 0.452. The van der Waals surface area contributed by atoms with Gasteiger partial charge in [0.2, 0.25) is 0 Å². The van der Waals surface area contributed by atoms with E-state index in [4.69, 9.17) is 9.47 Å². The molecule has 0 spiro atoms. The first kappa shape index (κ1) is 13.6. The number of rotatable bonds is 1. The molecule has 6 heteroatoms. The van der Waals surface area contributed by atoms with Crippen LogP contribution >= 0.6 is 23.5 Å². The van der Waals surface area contributed by atoms with E-state index in [0.29, 0.717) is 9.80 Å². The van der Waals surface area contributed by atoms with Crippen molar-refractivity contribution in [2.75, 3.05) is 11.5 Å². The minimum Gasteiger partial charge on any atom is -0.414 e. The van der Waals surface area contributed by atoms with Crippen LogP contribution in [0.4, 0.5) is 0 Å². The molecule has 0 amide bonds. The Morgan fingerprint density at radius 1 is 1.00 bits per heavy atom. The van der Waals surface area contributed by atoms with Gasteiger partial charge in [-0.2, -0.15) is 0 Å². The van der Waals surface area contributed by atoms with Gasteiger partial charge in [0.25, 0.3) is 5.79 Å². The van der Waals surface area contributed by atoms with Gasteiger partial charge < -0.3 is 9.47 Å². The summed E-state index contributed by atoms with van der Waals surface area (Å²) in [5.74, 6) is -0.790. The Morgan fingerprint density at radius 2 is 1.55 bits per heavy atom. The molecule has 2 aliphatic rings. The SMILES string of the molecule is CC1(c2ccccc2)OC(=O)C(=C2SCCS2)C(=O)O1. The molecule has 4 nitrogen and oxygen atoms in total. The molecule has 20 heavy (non-hydrogen) atoms. The van der Waals surface area contributed by atoms with E-state index in [1.165, 1.54) is 23.5 Å². The standard InChI is InChI=1S/C14H12O4S2/c1-14(9-5-3-2-4-6-9)17-11(15)10(12(16)18-14)13-19-7-8-20-13/h2-6H,7-8H2,1H3. The Kier molecular flexibility index (Phi) is 3.52. The van der Waals surface area contributed by atoms with Gasteiger partial charge in [-0.25, -0.2) is 9.59 Å². The average molecular weight is 308 g/mol. The Balaban J connectivity index is 1.94. The second-order valence-corrected chi connectivity index (χ2v) is 6.92. The van der Waals surface area contributed by atoms with Gasteiger partial charge in [-0.15, -0.1) is 23.5 Å². The number of benzene rings is 1. The molecule has 104 valence electrons. The largest absolute Gasteiger partial charge is 0.414 e. The summed E-state index contributed by atoms with van der Waals surface area (Å²) in [4.78, 5) is 24.3. The second kappa shape index (κ2) is 5.18. The molecule has 2 aliphatic heterocycles. The van der Waals surface area contributed by atoms with E-state index >= 15 is 0 Å². The minimum absolute atomic E-state index is 0.0332. The van der Waals surface area contributed by atoms with Gasteiger partial charge in [0.15, 0.2) is 5.57 Å². The molecule has 2 fully saturated rings. The van der Waals surface area contributed by atoms with Crippen molar-refractivity contribution in [3.8, 4) is 0 Å². The van der Waals surface area contributed by atoms with Crippen LogP contribution < -0.4 is 0 Å². The lowest BCUT2D eigenvalue weighted by molar-refractivity contribution is -0.234. The molecule has 1 aromatic carbocycles. The maximum absolute atomic E-state index is 12.2. The minimum atomic E-state index is -1.35. The van der Waals surface area contributed by atoms with Crippen LogP contribution in [-0.4, -0.2) is 23.4 Å². The van der Waals surface area contributed by atoms with Crippen molar-refractivity contribution in [1.29, 1.82) is 0 Å². The van der Waals surface area contributed by atoms with Crippen LogP contribution in [0.2, 0.25) is 0 Å². The lowest BCUT2D eigenvalue weighted by atomic mass is 10.1. The zero-order valence-electron chi connectivity index (χ0n) is 10.8. The molecule has 2 heterocycles. The summed E-state index contributed by atoms with van der Waals surface area (Å²) in [7, 11) is 0. The normalized spacial score (nSPS) is 26.4. The summed E-state index contributed by atoms with van der Waals surface area (Å²) in [6.07, 6.45) is 0. The third-order valence-electron chi connectivity index (χ3n) is 3.04. The Labute approximate surface area is 124 Å². The highest BCUT2D eigenvalue weighted by molar-refractivity contribution is 8.25. The van der Waals surface area contributed by atoms with Crippen molar-refractivity contribution in [2.45, 2.75) is 12.7 Å². The Morgan fingerprint density at radius 3 is 2.10 bits per heavy atom. The highest BCUT2D eigenvalue weighted by Crippen LogP contribution is 2.42. The van der Waals surface area contributed by atoms with Gasteiger partial charge in [0, 0.05) is 24.0 Å². The highest BCUT2D eigenvalue weighted by Gasteiger charge is 2.45. The molecule has 0 atom stereocenters. The number of carbonyl (C=O) groups excluding carboxylic acids is 2. The predicted octanol–water partition coefficient (Wildman–Crippen LogP) is 2.65. The first-order valence-electron chi connectivity index (χ1n) is 6.12. The third-order valence-corrected chi connectivity index (χ3v) is 5.75. The van der Waals surface area contributed by atoms with Crippen molar-refractivity contribution < 1.29 is 19.1 Å². The molecule has 3 rings (SSSR count). The van der Waals surface area contributed by atoms with Crippen molar-refractivity contribution in [1.82, 2.24) is 0 Å². The van der Waals surface area contributed by atoms with E-state index in [9.17, 15) is 9.59 Å². The number of carbonyl (C=O) groups is 2. The van der Waals surface area contributed by atoms with Crippen molar-refractivity contribution in [3.05, 3.63) is 45.7 Å². The maximum atomic E-state index is 12.2. The van der Waals surface area contributed by atoms with E-state index in [0.717, 1.165) is 11.5 Å². The van der Waals surface area contributed by atoms with Crippen molar-refractivity contribution in [2.24, 2.45) is 0 Å². The number of thioether (sulfide) groups is 2. The van der Waals surface area contributed by atoms with Gasteiger partial charge in [-0.05, 0) is 0 Å². The number of esters is 2. The number of hydrogen-bond acceptors (Lipinski definition) is 6. The van der Waals surface area contributed by atoms with Gasteiger partial charge >= 0.3 is 11.9 Å². The first-order chi connectivity index (χ1) is 9.60. The Hall–Kier alpha value is -1.40. The molecule has 2 saturated heterocycles. The Bertz CT molecular complexity index is 566. The summed E-state index contributed by atoms with van der Waals surface area (Å²) in [5, 5.41) is 0. The molecule has 0 N–H and O–H groups in total. The molecule has 0 saturated carbocycles. The fraction of sp³-hybridized carbons (Fsp3) is 0.286. The smallest absolute Gasteiger partial charge is 0.350 e. The lowest BCUT2D eigenvalue weighted by Crippen LogP contribution is -2.42. The summed E-state index contributed by atoms with van der Waals surface area (Å²) in [6.45, 7) is 1.58. The molecule has 1 aromatic rings. The zero-order valence-corrected chi connectivity index (χ0v) is 12.4. The fourth-order valence-corrected chi connectivity index (χ4v) is 4.53. The maximum Gasteiger partial charge on any atom is 0.350 e. The predicted molar refractivity (Wildman–Crippen MR) is 77.9 cm³/mol. The fourth-order valence-electron chi connectivity index (χ4n) is 2.04. The van der Waals surface area contributed by atoms with E-state index in [-0.39, 0.29) is 5.57 Å². The molecule has 0 unspecified atom stereocenters. The summed E-state index contributed by atoms with van der Waals surface area (Å²) < 4.78 is 11.5. The van der Waals surface area contributed by atoms with Crippen LogP contribution in [0.3, 0.4) is 0 Å². The molecular formula is C14H12O4S2. The molecule has 0 bridgehead atoms. The van der Waals surface area contributed by atoms with Crippen LogP contribution in [0, 0.1) is 0 Å². The van der Waals surface area contributed by atoms with E-state index in [2.05, 4.69) is 0 Å². The van der Waals surface area contributed by atoms with Gasteiger partial charge in [0.05, 0.1) is 4.24 Å². The summed E-state index contributed by atoms with van der Waals surface area (Å²) >= 11 is 2.99. The van der Waals surface area contributed by atoms with Crippen LogP contribution in [0.15, 0.2) is 40.1 Å². The molecule has 0 radical (unpaired) electrons. The zero-order chi connectivity index (χ0) is 14.2.